The van der Waals surface area contributed by atoms with Gasteiger partial charge in [-0.2, -0.15) is 8.42 Å². The van der Waals surface area contributed by atoms with Gasteiger partial charge in [-0.3, -0.25) is 9.11 Å². The molecule has 126 valence electrons. The third kappa shape index (κ3) is 8.35. The summed E-state index contributed by atoms with van der Waals surface area (Å²) in [5.41, 5.74) is 4.06. The summed E-state index contributed by atoms with van der Waals surface area (Å²) in [5.74, 6) is 0. The van der Waals surface area contributed by atoms with Crippen LogP contribution in [0.4, 0.5) is 5.69 Å². The number of anilines is 1. The van der Waals surface area contributed by atoms with Crippen LogP contribution in [0.1, 0.15) is 25.0 Å². The van der Waals surface area contributed by atoms with E-state index in [1.165, 1.54) is 16.8 Å². The topological polar surface area (TPSA) is 77.8 Å². The normalized spacial score (nSPS) is 10.6. The summed E-state index contributed by atoms with van der Waals surface area (Å²) in [4.78, 5) is 2.37. The Kier molecular flexibility index (Phi) is 7.74. The molecular weight excluding hydrogens is 314 g/mol. The average Bonchev–Trinajstić information content (AvgIpc) is 2.49. The van der Waals surface area contributed by atoms with Crippen molar-refractivity contribution in [3.05, 3.63) is 65.7 Å². The van der Waals surface area contributed by atoms with Gasteiger partial charge in [-0.25, -0.2) is 0 Å². The minimum atomic E-state index is -4.67. The maximum Gasteiger partial charge on any atom is 0.394 e. The van der Waals surface area contributed by atoms with Gasteiger partial charge in [0.2, 0.25) is 0 Å². The van der Waals surface area contributed by atoms with Gasteiger partial charge in [-0.1, -0.05) is 42.5 Å². The zero-order chi connectivity index (χ0) is 17.3. The Balaban J connectivity index is 0.000000463. The molecule has 0 aliphatic heterocycles. The second-order valence-corrected chi connectivity index (χ2v) is 5.84. The molecule has 0 atom stereocenters. The quantitative estimate of drug-likeness (QED) is 0.817. The first kappa shape index (κ1) is 19.2. The van der Waals surface area contributed by atoms with Crippen LogP contribution < -0.4 is 4.90 Å². The molecular formula is C17H23NO4S. The van der Waals surface area contributed by atoms with Crippen LogP contribution in [-0.4, -0.2) is 30.6 Å². The van der Waals surface area contributed by atoms with Crippen LogP contribution in [0.2, 0.25) is 0 Å². The number of benzene rings is 2. The molecule has 0 radical (unpaired) electrons. The van der Waals surface area contributed by atoms with Gasteiger partial charge in [-0.05, 0) is 43.5 Å². The van der Waals surface area contributed by atoms with E-state index in [1.54, 1.807) is 0 Å². The molecule has 0 unspecified atom stereocenters. The van der Waals surface area contributed by atoms with Crippen LogP contribution in [0, 0.1) is 0 Å². The van der Waals surface area contributed by atoms with Crippen LogP contribution in [0.5, 0.6) is 0 Å². The van der Waals surface area contributed by atoms with Gasteiger partial charge in [0.15, 0.2) is 0 Å². The minimum absolute atomic E-state index is 1.01. The summed E-state index contributed by atoms with van der Waals surface area (Å²) < 4.78 is 31.6. The summed E-state index contributed by atoms with van der Waals surface area (Å²) >= 11 is 0. The third-order valence-corrected chi connectivity index (χ3v) is 3.32. The van der Waals surface area contributed by atoms with Gasteiger partial charge in [-0.15, -0.1) is 0 Å². The zero-order valence-corrected chi connectivity index (χ0v) is 14.2. The molecule has 0 spiro atoms. The molecule has 0 saturated heterocycles. The summed E-state index contributed by atoms with van der Waals surface area (Å²) in [5, 5.41) is 0. The minimum Gasteiger partial charge on any atom is -0.372 e. The van der Waals surface area contributed by atoms with Crippen molar-refractivity contribution in [1.29, 1.82) is 0 Å². The maximum absolute atomic E-state index is 8.74. The maximum atomic E-state index is 8.74. The highest BCUT2D eigenvalue weighted by Gasteiger charge is 2.01. The molecule has 0 amide bonds. The van der Waals surface area contributed by atoms with E-state index in [4.69, 9.17) is 17.5 Å². The molecule has 2 N–H and O–H groups in total. The third-order valence-electron chi connectivity index (χ3n) is 3.32. The van der Waals surface area contributed by atoms with Gasteiger partial charge in [0, 0.05) is 18.8 Å². The van der Waals surface area contributed by atoms with Gasteiger partial charge in [0.1, 0.15) is 0 Å². The largest absolute Gasteiger partial charge is 0.394 e. The Morgan fingerprint density at radius 3 is 1.70 bits per heavy atom. The van der Waals surface area contributed by atoms with Crippen molar-refractivity contribution in [3.63, 3.8) is 0 Å². The Hall–Kier alpha value is -1.89. The van der Waals surface area contributed by atoms with E-state index in [9.17, 15) is 0 Å². The molecule has 2 rings (SSSR count). The van der Waals surface area contributed by atoms with E-state index >= 15 is 0 Å². The fraction of sp³-hybridized carbons (Fsp3) is 0.294. The zero-order valence-electron chi connectivity index (χ0n) is 13.4. The van der Waals surface area contributed by atoms with Crippen LogP contribution in [-0.2, 0) is 16.8 Å². The lowest BCUT2D eigenvalue weighted by Crippen LogP contribution is -2.21. The lowest BCUT2D eigenvalue weighted by molar-refractivity contribution is 0.381. The molecule has 5 nitrogen and oxygen atoms in total. The number of nitrogens with zero attached hydrogens (tertiary/aromatic N) is 1. The van der Waals surface area contributed by atoms with Crippen molar-refractivity contribution >= 4 is 16.1 Å². The van der Waals surface area contributed by atoms with E-state index in [0.29, 0.717) is 0 Å². The smallest absolute Gasteiger partial charge is 0.372 e. The molecule has 0 heterocycles. The summed E-state index contributed by atoms with van der Waals surface area (Å²) in [6.45, 7) is 6.52. The van der Waals surface area contributed by atoms with E-state index in [0.717, 1.165) is 19.5 Å². The number of hydrogen-bond acceptors (Lipinski definition) is 3. The van der Waals surface area contributed by atoms with Crippen molar-refractivity contribution in [1.82, 2.24) is 0 Å². The highest BCUT2D eigenvalue weighted by molar-refractivity contribution is 7.79. The van der Waals surface area contributed by atoms with E-state index < -0.39 is 10.4 Å². The summed E-state index contributed by atoms with van der Waals surface area (Å²) in [6.07, 6.45) is 1.01. The molecule has 0 aliphatic carbocycles. The average molecular weight is 337 g/mol. The van der Waals surface area contributed by atoms with Crippen molar-refractivity contribution in [3.8, 4) is 0 Å². The van der Waals surface area contributed by atoms with Crippen molar-refractivity contribution in [2.75, 3.05) is 18.0 Å². The molecule has 2 aromatic rings. The predicted octanol–water partition coefficient (Wildman–Crippen LogP) is 3.47. The van der Waals surface area contributed by atoms with Gasteiger partial charge < -0.3 is 4.90 Å². The first-order valence-electron chi connectivity index (χ1n) is 7.41. The second-order valence-electron chi connectivity index (χ2n) is 4.95. The Bertz CT molecular complexity index is 657. The number of hydrogen-bond donors (Lipinski definition) is 2. The van der Waals surface area contributed by atoms with E-state index in [-0.39, 0.29) is 0 Å². The van der Waals surface area contributed by atoms with Crippen LogP contribution in [0.3, 0.4) is 0 Å². The Morgan fingerprint density at radius 2 is 1.26 bits per heavy atom. The number of rotatable bonds is 5. The summed E-state index contributed by atoms with van der Waals surface area (Å²) in [6, 6.07) is 19.5. The van der Waals surface area contributed by atoms with E-state index in [2.05, 4.69) is 73.3 Å². The molecule has 0 bridgehead atoms. The first-order valence-corrected chi connectivity index (χ1v) is 8.80. The van der Waals surface area contributed by atoms with Crippen molar-refractivity contribution < 1.29 is 17.5 Å². The van der Waals surface area contributed by atoms with Crippen molar-refractivity contribution in [2.45, 2.75) is 20.3 Å². The second kappa shape index (κ2) is 9.29. The molecule has 0 saturated carbocycles. The van der Waals surface area contributed by atoms with Crippen LogP contribution in [0.15, 0.2) is 54.6 Å². The lowest BCUT2D eigenvalue weighted by Gasteiger charge is -2.21. The van der Waals surface area contributed by atoms with E-state index in [1.807, 2.05) is 0 Å². The van der Waals surface area contributed by atoms with Crippen LogP contribution in [0.25, 0.3) is 0 Å². The van der Waals surface area contributed by atoms with Gasteiger partial charge in [0.25, 0.3) is 0 Å². The highest BCUT2D eigenvalue weighted by Crippen LogP contribution is 2.17. The molecule has 0 fully saturated rings. The molecule has 6 heteroatoms. The lowest BCUT2D eigenvalue weighted by atomic mass is 10.0. The van der Waals surface area contributed by atoms with Gasteiger partial charge in [0.05, 0.1) is 0 Å². The molecule has 23 heavy (non-hydrogen) atoms. The van der Waals surface area contributed by atoms with Crippen molar-refractivity contribution in [2.24, 2.45) is 0 Å². The van der Waals surface area contributed by atoms with Crippen LogP contribution >= 0.6 is 0 Å². The molecule has 0 aliphatic rings. The standard InChI is InChI=1S/C17H21N.H2O4S/c1-3-18(4-2)17-12-10-16(11-13-17)14-15-8-6-5-7-9-15;1-5(2,3)4/h5-13H,3-4,14H2,1-2H3;(H2,1,2,3,4). The molecule has 0 aromatic heterocycles. The fourth-order valence-electron chi connectivity index (χ4n) is 2.24. The van der Waals surface area contributed by atoms with Gasteiger partial charge >= 0.3 is 10.4 Å². The SMILES string of the molecule is CCN(CC)c1ccc(Cc2ccccc2)cc1.O=S(=O)(O)O. The fourth-order valence-corrected chi connectivity index (χ4v) is 2.24. The Morgan fingerprint density at radius 1 is 0.826 bits per heavy atom. The summed E-state index contributed by atoms with van der Waals surface area (Å²) in [7, 11) is -4.67. The predicted molar refractivity (Wildman–Crippen MR) is 93.4 cm³/mol. The monoisotopic (exact) mass is 337 g/mol. The first-order chi connectivity index (χ1) is 10.8. The molecule has 2 aromatic carbocycles. The Labute approximate surface area is 138 Å². The highest BCUT2D eigenvalue weighted by atomic mass is 32.3.